The molecule has 2 aliphatic heterocycles. The zero-order chi connectivity index (χ0) is 35.9. The fraction of sp³-hybridized carbons (Fsp3) is 0.351. The number of nitrogens with zero attached hydrogens (tertiary/aromatic N) is 4. The van der Waals surface area contributed by atoms with Gasteiger partial charge in [-0.1, -0.05) is 24.3 Å². The Morgan fingerprint density at radius 3 is 2.47 bits per heavy atom. The zero-order valence-corrected chi connectivity index (χ0v) is 28.7. The van der Waals surface area contributed by atoms with E-state index < -0.39 is 11.7 Å². The number of ether oxygens (including phenoxy) is 1. The maximum absolute atomic E-state index is 14.9. The van der Waals surface area contributed by atoms with Gasteiger partial charge in [0.15, 0.2) is 6.61 Å². The quantitative estimate of drug-likeness (QED) is 0.179. The van der Waals surface area contributed by atoms with Crippen LogP contribution in [0.3, 0.4) is 0 Å². The summed E-state index contributed by atoms with van der Waals surface area (Å²) in [5.41, 5.74) is 2.70. The molecule has 0 saturated carbocycles. The lowest BCUT2D eigenvalue weighted by atomic mass is 10.0. The van der Waals surface area contributed by atoms with Crippen molar-refractivity contribution in [3.8, 4) is 5.75 Å². The number of fused-ring (bicyclic) bond motifs is 2. The molecule has 1 saturated heterocycles. The highest BCUT2D eigenvalue weighted by atomic mass is 35.5. The first kappa shape index (κ1) is 35.5. The predicted molar refractivity (Wildman–Crippen MR) is 190 cm³/mol. The number of anilines is 1. The van der Waals surface area contributed by atoms with E-state index in [1.807, 2.05) is 12.1 Å². The second-order valence-corrected chi connectivity index (χ2v) is 12.8. The number of rotatable bonds is 11. The van der Waals surface area contributed by atoms with E-state index in [-0.39, 0.29) is 60.8 Å². The van der Waals surface area contributed by atoms with Gasteiger partial charge in [-0.25, -0.2) is 9.49 Å². The first-order valence-corrected chi connectivity index (χ1v) is 17.5. The Labute approximate surface area is 298 Å². The molecular weight excluding hydrogens is 679 g/mol. The van der Waals surface area contributed by atoms with Crippen molar-refractivity contribution in [2.75, 3.05) is 56.7 Å². The van der Waals surface area contributed by atoms with Crippen LogP contribution in [0.25, 0.3) is 10.8 Å². The predicted octanol–water partition coefficient (Wildman–Crippen LogP) is 3.43. The van der Waals surface area contributed by atoms with Crippen molar-refractivity contribution in [1.82, 2.24) is 25.3 Å². The highest BCUT2D eigenvalue weighted by molar-refractivity contribution is 6.29. The van der Waals surface area contributed by atoms with Crippen LogP contribution < -0.4 is 20.5 Å². The first-order chi connectivity index (χ1) is 24.7. The minimum absolute atomic E-state index is 0.0576. The van der Waals surface area contributed by atoms with Crippen LogP contribution in [0.5, 0.6) is 5.75 Å². The Bertz CT molecular complexity index is 2010. The van der Waals surface area contributed by atoms with Crippen molar-refractivity contribution in [1.29, 1.82) is 0 Å². The van der Waals surface area contributed by atoms with Gasteiger partial charge in [-0.2, -0.15) is 5.10 Å². The molecule has 2 aliphatic rings. The maximum Gasteiger partial charge on any atom is 0.272 e. The molecule has 3 aromatic carbocycles. The number of alkyl halides is 1. The Kier molecular flexibility index (Phi) is 11.2. The molecule has 2 N–H and O–H groups in total. The lowest BCUT2D eigenvalue weighted by Crippen LogP contribution is -2.50. The molecule has 3 heterocycles. The van der Waals surface area contributed by atoms with Gasteiger partial charge in [0.2, 0.25) is 11.8 Å². The van der Waals surface area contributed by atoms with Gasteiger partial charge in [-0.3, -0.25) is 24.0 Å². The summed E-state index contributed by atoms with van der Waals surface area (Å²) in [7, 11) is 0. The third-order valence-electron chi connectivity index (χ3n) is 9.17. The number of H-pyrrole nitrogens is 1. The molecule has 1 aromatic heterocycles. The Balaban J connectivity index is 0.927. The van der Waals surface area contributed by atoms with Gasteiger partial charge < -0.3 is 24.8 Å². The Morgan fingerprint density at radius 1 is 0.922 bits per heavy atom. The van der Waals surface area contributed by atoms with E-state index in [1.54, 1.807) is 46.2 Å². The monoisotopic (exact) mass is 716 g/mol. The molecular formula is C37H38ClFN6O6. The smallest absolute Gasteiger partial charge is 0.272 e. The molecule has 0 aliphatic carbocycles. The van der Waals surface area contributed by atoms with Crippen molar-refractivity contribution in [2.45, 2.75) is 32.1 Å². The highest BCUT2D eigenvalue weighted by Crippen LogP contribution is 2.31. The summed E-state index contributed by atoms with van der Waals surface area (Å²) in [6.07, 6.45) is 2.57. The van der Waals surface area contributed by atoms with Crippen molar-refractivity contribution in [3.05, 3.63) is 99.2 Å². The van der Waals surface area contributed by atoms with Gasteiger partial charge in [0, 0.05) is 63.2 Å². The van der Waals surface area contributed by atoms with Crippen LogP contribution in [0.1, 0.15) is 46.4 Å². The summed E-state index contributed by atoms with van der Waals surface area (Å²) in [5, 5.41) is 10.6. The minimum Gasteiger partial charge on any atom is -0.484 e. The van der Waals surface area contributed by atoms with E-state index in [0.29, 0.717) is 66.8 Å². The summed E-state index contributed by atoms with van der Waals surface area (Å²) < 4.78 is 20.5. The van der Waals surface area contributed by atoms with Gasteiger partial charge in [-0.15, -0.1) is 11.6 Å². The molecule has 266 valence electrons. The molecule has 6 rings (SSSR count). The van der Waals surface area contributed by atoms with E-state index >= 15 is 0 Å². The molecule has 0 unspecified atom stereocenters. The molecule has 0 atom stereocenters. The lowest BCUT2D eigenvalue weighted by Gasteiger charge is -2.35. The molecule has 4 amide bonds. The van der Waals surface area contributed by atoms with Crippen LogP contribution in [0, 0.1) is 5.82 Å². The molecule has 4 aromatic rings. The van der Waals surface area contributed by atoms with Crippen molar-refractivity contribution in [3.63, 3.8) is 0 Å². The van der Waals surface area contributed by atoms with E-state index in [1.165, 1.54) is 17.0 Å². The van der Waals surface area contributed by atoms with E-state index in [4.69, 9.17) is 16.3 Å². The summed E-state index contributed by atoms with van der Waals surface area (Å²) in [4.78, 5) is 67.7. The number of hydrogen-bond acceptors (Lipinski definition) is 7. The molecule has 0 radical (unpaired) electrons. The largest absolute Gasteiger partial charge is 0.484 e. The molecule has 0 bridgehead atoms. The Hall–Kier alpha value is -5.30. The van der Waals surface area contributed by atoms with Gasteiger partial charge in [0.25, 0.3) is 17.4 Å². The first-order valence-electron chi connectivity index (χ1n) is 16.9. The van der Waals surface area contributed by atoms with E-state index in [0.717, 1.165) is 24.1 Å². The van der Waals surface area contributed by atoms with Crippen LogP contribution in [-0.2, 0) is 27.2 Å². The summed E-state index contributed by atoms with van der Waals surface area (Å²) in [5.74, 6) is -1.19. The fourth-order valence-electron chi connectivity index (χ4n) is 6.50. The van der Waals surface area contributed by atoms with Crippen molar-refractivity contribution >= 4 is 51.7 Å². The number of carbonyl (C=O) groups is 4. The number of halogens is 2. The van der Waals surface area contributed by atoms with Crippen LogP contribution in [-0.4, -0.2) is 95.4 Å². The molecule has 14 heteroatoms. The molecule has 51 heavy (non-hydrogen) atoms. The number of hydrogen-bond donors (Lipinski definition) is 2. The van der Waals surface area contributed by atoms with Gasteiger partial charge in [0.05, 0.1) is 16.6 Å². The van der Waals surface area contributed by atoms with Gasteiger partial charge in [-0.05, 0) is 66.8 Å². The Morgan fingerprint density at radius 2 is 1.69 bits per heavy atom. The van der Waals surface area contributed by atoms with Crippen LogP contribution >= 0.6 is 11.6 Å². The molecule has 12 nitrogen and oxygen atoms in total. The van der Waals surface area contributed by atoms with E-state index in [2.05, 4.69) is 15.5 Å². The third-order valence-corrected chi connectivity index (χ3v) is 9.40. The number of benzene rings is 3. The van der Waals surface area contributed by atoms with Crippen molar-refractivity contribution in [2.24, 2.45) is 0 Å². The summed E-state index contributed by atoms with van der Waals surface area (Å²) >= 11 is 5.74. The maximum atomic E-state index is 14.9. The number of aromatic nitrogens is 2. The van der Waals surface area contributed by atoms with Gasteiger partial charge in [0.1, 0.15) is 17.4 Å². The van der Waals surface area contributed by atoms with Crippen LogP contribution in [0.15, 0.2) is 65.5 Å². The number of piperazine rings is 1. The zero-order valence-electron chi connectivity index (χ0n) is 28.0. The topological polar surface area (TPSA) is 145 Å². The number of nitrogens with one attached hydrogen (secondary N) is 2. The number of carbonyl (C=O) groups excluding carboxylic acids is 4. The summed E-state index contributed by atoms with van der Waals surface area (Å²) in [6, 6.07) is 16.8. The second-order valence-electron chi connectivity index (χ2n) is 12.5. The highest BCUT2D eigenvalue weighted by Gasteiger charge is 2.27. The second kappa shape index (κ2) is 16.2. The average Bonchev–Trinajstić information content (AvgIpc) is 3.16. The fourth-order valence-corrected chi connectivity index (χ4v) is 6.64. The lowest BCUT2D eigenvalue weighted by molar-refractivity contribution is -0.133. The third kappa shape index (κ3) is 8.37. The summed E-state index contributed by atoms with van der Waals surface area (Å²) in [6.45, 7) is 1.89. The molecule has 1 fully saturated rings. The SMILES string of the molecule is O=C(COc1ccc2c(c1)CCCN2C(=O)CCl)NCCCC(=O)N1CCN(C(=O)c2cc(Cc3n[nH]c(=O)c4ccccc34)ccc2F)CC1. The molecule has 0 spiro atoms. The minimum atomic E-state index is -0.635. The average molecular weight is 717 g/mol. The van der Waals surface area contributed by atoms with Crippen LogP contribution in [0.2, 0.25) is 0 Å². The number of amides is 4. The van der Waals surface area contributed by atoms with E-state index in [9.17, 15) is 28.4 Å². The van der Waals surface area contributed by atoms with Crippen molar-refractivity contribution < 1.29 is 28.3 Å². The standard InChI is InChI=1S/C37H38ClFN6O6/c38-22-35(48)45-14-4-5-25-21-26(10-12-32(25)45)51-23-33(46)40-13-3-8-34(47)43-15-17-44(18-16-43)37(50)29-19-24(9-11-30(29)39)20-31-27-6-1-2-7-28(27)36(49)42-41-31/h1-2,6-7,9-12,19,21H,3-5,8,13-18,20,22-23H2,(H,40,46)(H,42,49). The van der Waals surface area contributed by atoms with Gasteiger partial charge >= 0.3 is 0 Å². The van der Waals surface area contributed by atoms with Crippen LogP contribution in [0.4, 0.5) is 10.1 Å². The number of aryl methyl sites for hydroxylation is 1. The number of aromatic amines is 1. The normalized spacial score (nSPS) is 14.3.